The van der Waals surface area contributed by atoms with Crippen molar-refractivity contribution in [2.45, 2.75) is 6.92 Å². The maximum atomic E-state index is 12.4. The number of aromatic nitrogens is 1. The van der Waals surface area contributed by atoms with Crippen LogP contribution in [0.4, 0.5) is 16.5 Å². The number of ether oxygens (including phenoxy) is 1. The third-order valence-electron chi connectivity index (χ3n) is 3.52. The quantitative estimate of drug-likeness (QED) is 0.501. The van der Waals surface area contributed by atoms with Gasteiger partial charge in [-0.15, -0.1) is 0 Å². The summed E-state index contributed by atoms with van der Waals surface area (Å²) in [5, 5.41) is 24.7. The number of amides is 1. The van der Waals surface area contributed by atoms with Crippen molar-refractivity contribution < 1.29 is 19.4 Å². The summed E-state index contributed by atoms with van der Waals surface area (Å²) in [5.41, 5.74) is -0.778. The average Bonchev–Trinajstić information content (AvgIpc) is 3.02. The first-order chi connectivity index (χ1) is 12.9. The van der Waals surface area contributed by atoms with Gasteiger partial charge in [0.25, 0.3) is 17.3 Å². The first kappa shape index (κ1) is 18.2. The standard InChI is InChI=1S/C16H12N4O6S/c1-2-26-10-4-6-12-14(8-10)27-16(17-12)18-15(21)11-5-3-9(19(22)23)7-13(11)20(24)25/h3-8H,2H2,1H3,(H,17,18,21). The second kappa shape index (κ2) is 7.33. The Hall–Kier alpha value is -3.60. The molecule has 3 rings (SSSR count). The lowest BCUT2D eigenvalue weighted by molar-refractivity contribution is -0.394. The molecule has 11 heteroatoms. The number of nitrogens with one attached hydrogen (secondary N) is 1. The lowest BCUT2D eigenvalue weighted by Gasteiger charge is -2.03. The minimum Gasteiger partial charge on any atom is -0.494 e. The molecule has 0 fully saturated rings. The largest absolute Gasteiger partial charge is 0.494 e. The van der Waals surface area contributed by atoms with Crippen molar-refractivity contribution in [2.24, 2.45) is 0 Å². The van der Waals surface area contributed by atoms with Crippen molar-refractivity contribution in [2.75, 3.05) is 11.9 Å². The lowest BCUT2D eigenvalue weighted by Crippen LogP contribution is -2.14. The van der Waals surface area contributed by atoms with Gasteiger partial charge in [0.2, 0.25) is 0 Å². The summed E-state index contributed by atoms with van der Waals surface area (Å²) in [4.78, 5) is 37.0. The zero-order valence-corrected chi connectivity index (χ0v) is 14.7. The number of hydrogen-bond acceptors (Lipinski definition) is 8. The maximum absolute atomic E-state index is 12.4. The Labute approximate surface area is 155 Å². The van der Waals surface area contributed by atoms with E-state index in [0.717, 1.165) is 22.9 Å². The van der Waals surface area contributed by atoms with Crippen LogP contribution in [0.25, 0.3) is 10.2 Å². The molecule has 1 N–H and O–H groups in total. The molecule has 1 aromatic heterocycles. The number of anilines is 1. The van der Waals surface area contributed by atoms with Gasteiger partial charge in [-0.3, -0.25) is 30.3 Å². The molecule has 0 saturated heterocycles. The molecule has 0 unspecified atom stereocenters. The van der Waals surface area contributed by atoms with Gasteiger partial charge in [-0.05, 0) is 31.2 Å². The highest BCUT2D eigenvalue weighted by Crippen LogP contribution is 2.31. The summed E-state index contributed by atoms with van der Waals surface area (Å²) in [5.74, 6) is -0.113. The highest BCUT2D eigenvalue weighted by atomic mass is 32.1. The minimum atomic E-state index is -0.839. The van der Waals surface area contributed by atoms with Gasteiger partial charge in [0.1, 0.15) is 11.3 Å². The zero-order valence-electron chi connectivity index (χ0n) is 13.9. The topological polar surface area (TPSA) is 138 Å². The van der Waals surface area contributed by atoms with Crippen LogP contribution in [0, 0.1) is 20.2 Å². The molecule has 0 aliphatic carbocycles. The van der Waals surface area contributed by atoms with E-state index < -0.39 is 27.1 Å². The Bertz CT molecular complexity index is 1060. The second-order valence-corrected chi connectivity index (χ2v) is 6.28. The van der Waals surface area contributed by atoms with Crippen LogP contribution < -0.4 is 10.1 Å². The summed E-state index contributed by atoms with van der Waals surface area (Å²) in [6.45, 7) is 2.37. The van der Waals surface area contributed by atoms with Crippen LogP contribution in [-0.4, -0.2) is 27.3 Å². The molecule has 138 valence electrons. The van der Waals surface area contributed by atoms with Gasteiger partial charge in [0.05, 0.1) is 32.7 Å². The molecule has 2 aromatic carbocycles. The monoisotopic (exact) mass is 388 g/mol. The number of hydrogen-bond donors (Lipinski definition) is 1. The Balaban J connectivity index is 1.90. The van der Waals surface area contributed by atoms with Crippen LogP contribution in [0.1, 0.15) is 17.3 Å². The molecule has 0 aliphatic heterocycles. The van der Waals surface area contributed by atoms with Gasteiger partial charge in [0, 0.05) is 6.07 Å². The number of benzene rings is 2. The lowest BCUT2D eigenvalue weighted by atomic mass is 10.1. The number of thiazole rings is 1. The van der Waals surface area contributed by atoms with Crippen molar-refractivity contribution in [1.82, 2.24) is 4.98 Å². The van der Waals surface area contributed by atoms with Gasteiger partial charge < -0.3 is 4.74 Å². The fourth-order valence-electron chi connectivity index (χ4n) is 2.36. The number of carbonyl (C=O) groups excluding carboxylic acids is 1. The van der Waals surface area contributed by atoms with Crippen molar-refractivity contribution in [3.8, 4) is 5.75 Å². The number of nitro groups is 2. The molecular formula is C16H12N4O6S. The van der Waals surface area contributed by atoms with Gasteiger partial charge in [-0.1, -0.05) is 11.3 Å². The van der Waals surface area contributed by atoms with Crippen LogP contribution in [0.2, 0.25) is 0 Å². The molecule has 0 bridgehead atoms. The highest BCUT2D eigenvalue weighted by Gasteiger charge is 2.24. The van der Waals surface area contributed by atoms with Gasteiger partial charge >= 0.3 is 0 Å². The van der Waals surface area contributed by atoms with Crippen molar-refractivity contribution in [3.05, 3.63) is 62.2 Å². The molecule has 0 saturated carbocycles. The SMILES string of the molecule is CCOc1ccc2nc(NC(=O)c3ccc([N+](=O)[O-])cc3[N+](=O)[O-])sc2c1. The van der Waals surface area contributed by atoms with Gasteiger partial charge in [-0.25, -0.2) is 4.98 Å². The van der Waals surface area contributed by atoms with E-state index in [4.69, 9.17) is 4.74 Å². The maximum Gasteiger partial charge on any atom is 0.289 e. The normalized spacial score (nSPS) is 10.6. The van der Waals surface area contributed by atoms with Gasteiger partial charge in [-0.2, -0.15) is 0 Å². The molecule has 0 radical (unpaired) electrons. The first-order valence-electron chi connectivity index (χ1n) is 7.66. The summed E-state index contributed by atoms with van der Waals surface area (Å²) in [6, 6.07) is 8.10. The average molecular weight is 388 g/mol. The highest BCUT2D eigenvalue weighted by molar-refractivity contribution is 7.22. The van der Waals surface area contributed by atoms with E-state index in [1.807, 2.05) is 6.92 Å². The molecule has 0 aliphatic rings. The van der Waals surface area contributed by atoms with Crippen LogP contribution in [0.5, 0.6) is 5.75 Å². The van der Waals surface area contributed by atoms with Crippen molar-refractivity contribution in [3.63, 3.8) is 0 Å². The minimum absolute atomic E-state index is 0.247. The summed E-state index contributed by atoms with van der Waals surface area (Å²) in [7, 11) is 0. The number of non-ortho nitro benzene ring substituents is 1. The van der Waals surface area contributed by atoms with Crippen LogP contribution in [0.15, 0.2) is 36.4 Å². The van der Waals surface area contributed by atoms with Gasteiger partial charge in [0.15, 0.2) is 5.13 Å². The molecular weight excluding hydrogens is 376 g/mol. The summed E-state index contributed by atoms with van der Waals surface area (Å²) < 4.78 is 6.18. The molecule has 0 spiro atoms. The number of nitro benzene ring substituents is 2. The Kier molecular flexibility index (Phi) is 4.94. The van der Waals surface area contributed by atoms with E-state index >= 15 is 0 Å². The third-order valence-corrected chi connectivity index (χ3v) is 4.46. The first-order valence-corrected chi connectivity index (χ1v) is 8.48. The molecule has 1 heterocycles. The van der Waals surface area contributed by atoms with Crippen molar-refractivity contribution >= 4 is 44.0 Å². The molecule has 0 atom stereocenters. The van der Waals surface area contributed by atoms with E-state index in [9.17, 15) is 25.0 Å². The van der Waals surface area contributed by atoms with E-state index in [0.29, 0.717) is 17.9 Å². The van der Waals surface area contributed by atoms with Crippen molar-refractivity contribution in [1.29, 1.82) is 0 Å². The third kappa shape index (κ3) is 3.82. The van der Waals surface area contributed by atoms with E-state index in [2.05, 4.69) is 10.3 Å². The second-order valence-electron chi connectivity index (χ2n) is 5.25. The number of fused-ring (bicyclic) bond motifs is 1. The summed E-state index contributed by atoms with van der Waals surface area (Å²) in [6.07, 6.45) is 0. The number of nitrogens with zero attached hydrogens (tertiary/aromatic N) is 3. The Morgan fingerprint density at radius 3 is 2.63 bits per heavy atom. The van der Waals surface area contributed by atoms with Crippen LogP contribution in [-0.2, 0) is 0 Å². The molecule has 1 amide bonds. The summed E-state index contributed by atoms with van der Waals surface area (Å²) >= 11 is 1.18. The van der Waals surface area contributed by atoms with E-state index in [1.54, 1.807) is 18.2 Å². The fourth-order valence-corrected chi connectivity index (χ4v) is 3.25. The number of rotatable bonds is 6. The molecule has 27 heavy (non-hydrogen) atoms. The molecule has 3 aromatic rings. The predicted molar refractivity (Wildman–Crippen MR) is 98.5 cm³/mol. The molecule has 10 nitrogen and oxygen atoms in total. The Morgan fingerprint density at radius 2 is 1.96 bits per heavy atom. The fraction of sp³-hybridized carbons (Fsp3) is 0.125. The van der Waals surface area contributed by atoms with Crippen LogP contribution >= 0.6 is 11.3 Å². The van der Waals surface area contributed by atoms with E-state index in [1.165, 1.54) is 11.3 Å². The van der Waals surface area contributed by atoms with Crippen LogP contribution in [0.3, 0.4) is 0 Å². The zero-order chi connectivity index (χ0) is 19.6. The Morgan fingerprint density at radius 1 is 1.19 bits per heavy atom. The van der Waals surface area contributed by atoms with E-state index in [-0.39, 0.29) is 10.7 Å². The number of carbonyl (C=O) groups is 1. The smallest absolute Gasteiger partial charge is 0.289 e. The predicted octanol–water partition coefficient (Wildman–Crippen LogP) is 3.76.